The zero-order valence-electron chi connectivity index (χ0n) is 10.8. The molecule has 0 unspecified atom stereocenters. The van der Waals surface area contributed by atoms with E-state index in [4.69, 9.17) is 11.6 Å². The molecule has 8 heteroatoms. The second-order valence-electron chi connectivity index (χ2n) is 4.20. The summed E-state index contributed by atoms with van der Waals surface area (Å²) < 4.78 is 0.286. The molecule has 0 atom stereocenters. The Morgan fingerprint density at radius 3 is 2.67 bits per heavy atom. The van der Waals surface area contributed by atoms with E-state index in [1.807, 2.05) is 0 Å². The van der Waals surface area contributed by atoms with Crippen LogP contribution in [-0.4, -0.2) is 15.8 Å². The summed E-state index contributed by atoms with van der Waals surface area (Å²) in [6.07, 6.45) is 0. The highest BCUT2D eigenvalue weighted by Gasteiger charge is 2.14. The van der Waals surface area contributed by atoms with E-state index in [-0.39, 0.29) is 21.2 Å². The Morgan fingerprint density at radius 1 is 1.38 bits per heavy atom. The maximum Gasteiger partial charge on any atom is 0.283 e. The molecule has 1 aromatic heterocycles. The third kappa shape index (κ3) is 3.77. The topological polar surface area (TPSA) is 85.1 Å². The zero-order valence-corrected chi connectivity index (χ0v) is 13.1. The summed E-state index contributed by atoms with van der Waals surface area (Å²) in [6.45, 7) is 1.73. The molecule has 0 aliphatic rings. The summed E-state index contributed by atoms with van der Waals surface area (Å²) in [6, 6.07) is 7.28. The summed E-state index contributed by atoms with van der Waals surface area (Å²) in [4.78, 5) is 26.3. The van der Waals surface area contributed by atoms with Gasteiger partial charge in [0.1, 0.15) is 5.15 Å². The molecular weight excluding hydrogens is 362 g/mol. The molecule has 0 bridgehead atoms. The molecule has 0 radical (unpaired) electrons. The predicted octanol–water partition coefficient (Wildman–Crippen LogP) is 3.97. The Labute approximate surface area is 133 Å². The second kappa shape index (κ2) is 6.19. The Kier molecular flexibility index (Phi) is 4.54. The second-order valence-corrected chi connectivity index (χ2v) is 5.44. The smallest absolute Gasteiger partial charge is 0.283 e. The lowest BCUT2D eigenvalue weighted by atomic mass is 10.2. The highest BCUT2D eigenvalue weighted by molar-refractivity contribution is 9.10. The fraction of sp³-hybridized carbons (Fsp3) is 0.0769. The maximum atomic E-state index is 12.1. The molecule has 1 N–H and O–H groups in total. The Morgan fingerprint density at radius 2 is 2.10 bits per heavy atom. The Balaban J connectivity index is 2.23. The number of benzene rings is 1. The summed E-state index contributed by atoms with van der Waals surface area (Å²) in [5, 5.41) is 13.6. The van der Waals surface area contributed by atoms with Gasteiger partial charge in [0.25, 0.3) is 11.6 Å². The highest BCUT2D eigenvalue weighted by Crippen LogP contribution is 2.28. The molecule has 2 rings (SSSR count). The first-order chi connectivity index (χ1) is 9.86. The third-order valence-corrected chi connectivity index (χ3v) is 3.42. The van der Waals surface area contributed by atoms with Crippen LogP contribution < -0.4 is 5.32 Å². The number of nitrogens with zero attached hydrogens (tertiary/aromatic N) is 2. The molecule has 0 fully saturated rings. The van der Waals surface area contributed by atoms with Gasteiger partial charge in [-0.1, -0.05) is 11.6 Å². The molecule has 108 valence electrons. The third-order valence-electron chi connectivity index (χ3n) is 2.59. The minimum Gasteiger partial charge on any atom is -0.322 e. The number of anilines is 1. The van der Waals surface area contributed by atoms with Gasteiger partial charge in [0.15, 0.2) is 0 Å². The number of pyridine rings is 1. The number of nitro benzene ring substituents is 1. The fourth-order valence-corrected chi connectivity index (χ4v) is 2.47. The number of hydrogen-bond acceptors (Lipinski definition) is 4. The van der Waals surface area contributed by atoms with Crippen LogP contribution in [0.15, 0.2) is 34.8 Å². The average molecular weight is 371 g/mol. The van der Waals surface area contributed by atoms with Crippen LogP contribution in [0.25, 0.3) is 0 Å². The predicted molar refractivity (Wildman–Crippen MR) is 82.7 cm³/mol. The van der Waals surface area contributed by atoms with Crippen molar-refractivity contribution in [3.8, 4) is 0 Å². The van der Waals surface area contributed by atoms with Gasteiger partial charge < -0.3 is 5.32 Å². The van der Waals surface area contributed by atoms with Gasteiger partial charge in [-0.25, -0.2) is 4.98 Å². The van der Waals surface area contributed by atoms with Crippen LogP contribution >= 0.6 is 27.5 Å². The van der Waals surface area contributed by atoms with Crippen molar-refractivity contribution in [1.29, 1.82) is 0 Å². The van der Waals surface area contributed by atoms with Crippen LogP contribution in [0.4, 0.5) is 11.4 Å². The van der Waals surface area contributed by atoms with Crippen molar-refractivity contribution < 1.29 is 9.72 Å². The van der Waals surface area contributed by atoms with Gasteiger partial charge in [-0.2, -0.15) is 0 Å². The van der Waals surface area contributed by atoms with E-state index in [9.17, 15) is 14.9 Å². The normalized spacial score (nSPS) is 10.2. The number of carbonyl (C=O) groups is 1. The van der Waals surface area contributed by atoms with Gasteiger partial charge in [0, 0.05) is 23.0 Å². The lowest BCUT2D eigenvalue weighted by Gasteiger charge is -2.07. The van der Waals surface area contributed by atoms with E-state index in [2.05, 4.69) is 26.2 Å². The molecule has 2 aromatic rings. The monoisotopic (exact) mass is 369 g/mol. The number of amides is 1. The summed E-state index contributed by atoms with van der Waals surface area (Å²) in [5.74, 6) is -0.372. The number of nitrogens with one attached hydrogen (secondary N) is 1. The number of hydrogen-bond donors (Lipinski definition) is 1. The molecule has 0 aliphatic carbocycles. The van der Waals surface area contributed by atoms with E-state index in [0.29, 0.717) is 16.9 Å². The number of nitro groups is 1. The summed E-state index contributed by atoms with van der Waals surface area (Å²) in [5.41, 5.74) is 1.35. The molecule has 0 saturated heterocycles. The zero-order chi connectivity index (χ0) is 15.6. The number of rotatable bonds is 3. The Hall–Kier alpha value is -1.99. The van der Waals surface area contributed by atoms with Crippen molar-refractivity contribution in [1.82, 2.24) is 4.98 Å². The molecule has 6 nitrogen and oxygen atoms in total. The largest absolute Gasteiger partial charge is 0.322 e. The minimum absolute atomic E-state index is 0.0733. The van der Waals surface area contributed by atoms with Crippen molar-refractivity contribution in [3.05, 3.63) is 61.3 Å². The van der Waals surface area contributed by atoms with Crippen molar-refractivity contribution in [2.24, 2.45) is 0 Å². The lowest BCUT2D eigenvalue weighted by molar-refractivity contribution is -0.385. The molecule has 0 spiro atoms. The van der Waals surface area contributed by atoms with E-state index < -0.39 is 4.92 Å². The van der Waals surface area contributed by atoms with Crippen LogP contribution in [-0.2, 0) is 0 Å². The molecule has 0 saturated carbocycles. The first kappa shape index (κ1) is 15.4. The van der Waals surface area contributed by atoms with E-state index in [1.165, 1.54) is 24.3 Å². The highest BCUT2D eigenvalue weighted by atomic mass is 79.9. The lowest BCUT2D eigenvalue weighted by Crippen LogP contribution is -2.12. The van der Waals surface area contributed by atoms with Gasteiger partial charge in [-0.05, 0) is 47.1 Å². The average Bonchev–Trinajstić information content (AvgIpc) is 2.37. The SMILES string of the molecule is Cc1cc(C(=O)Nc2ccc([N+](=O)[O-])c(Br)c2)cc(Cl)n1. The number of carbonyl (C=O) groups excluding carboxylic acids is 1. The van der Waals surface area contributed by atoms with Crippen molar-refractivity contribution >= 4 is 44.8 Å². The van der Waals surface area contributed by atoms with Crippen LogP contribution in [0, 0.1) is 17.0 Å². The van der Waals surface area contributed by atoms with Gasteiger partial charge in [-0.15, -0.1) is 0 Å². The minimum atomic E-state index is -0.512. The van der Waals surface area contributed by atoms with Crippen LogP contribution in [0.5, 0.6) is 0 Å². The summed E-state index contributed by atoms with van der Waals surface area (Å²) in [7, 11) is 0. The first-order valence-corrected chi connectivity index (χ1v) is 6.93. The molecule has 1 heterocycles. The molecule has 1 amide bonds. The van der Waals surface area contributed by atoms with E-state index >= 15 is 0 Å². The van der Waals surface area contributed by atoms with Crippen LogP contribution in [0.3, 0.4) is 0 Å². The maximum absolute atomic E-state index is 12.1. The van der Waals surface area contributed by atoms with Crippen molar-refractivity contribution in [2.45, 2.75) is 6.92 Å². The van der Waals surface area contributed by atoms with E-state index in [0.717, 1.165) is 0 Å². The van der Waals surface area contributed by atoms with Gasteiger partial charge in [0.2, 0.25) is 0 Å². The fourth-order valence-electron chi connectivity index (χ4n) is 1.70. The van der Waals surface area contributed by atoms with Crippen LogP contribution in [0.1, 0.15) is 16.1 Å². The molecule has 21 heavy (non-hydrogen) atoms. The number of aryl methyl sites for hydroxylation is 1. The Bertz CT molecular complexity index is 716. The summed E-state index contributed by atoms with van der Waals surface area (Å²) >= 11 is 8.90. The van der Waals surface area contributed by atoms with Gasteiger partial charge in [-0.3, -0.25) is 14.9 Å². The van der Waals surface area contributed by atoms with Crippen molar-refractivity contribution in [3.63, 3.8) is 0 Å². The molecule has 1 aromatic carbocycles. The molecule has 0 aliphatic heterocycles. The molecular formula is C13H9BrClN3O3. The quantitative estimate of drug-likeness (QED) is 0.503. The first-order valence-electron chi connectivity index (χ1n) is 5.76. The van der Waals surface area contributed by atoms with Gasteiger partial charge >= 0.3 is 0 Å². The number of aromatic nitrogens is 1. The number of halogens is 2. The van der Waals surface area contributed by atoms with Crippen molar-refractivity contribution in [2.75, 3.05) is 5.32 Å². The van der Waals surface area contributed by atoms with Gasteiger partial charge in [0.05, 0.1) is 9.40 Å². The van der Waals surface area contributed by atoms with E-state index in [1.54, 1.807) is 13.0 Å². The van der Waals surface area contributed by atoms with Crippen LogP contribution in [0.2, 0.25) is 5.15 Å². The standard InChI is InChI=1S/C13H9BrClN3O3/c1-7-4-8(5-12(15)16-7)13(19)17-9-2-3-11(18(20)21)10(14)6-9/h2-6H,1H3,(H,17,19).